The topological polar surface area (TPSA) is 88.0 Å². The van der Waals surface area contributed by atoms with Gasteiger partial charge in [0.05, 0.1) is 0 Å². The molecule has 0 radical (unpaired) electrons. The number of hydrogen-bond acceptors (Lipinski definition) is 5. The number of fused-ring (bicyclic) bond motifs is 1. The zero-order chi connectivity index (χ0) is 17.3. The number of ether oxygens (including phenoxy) is 1. The number of carbonyl (C=O) groups is 2. The van der Waals surface area contributed by atoms with Crippen molar-refractivity contribution in [1.82, 2.24) is 20.1 Å². The molecule has 2 N–H and O–H groups in total. The molecule has 0 fully saturated rings. The minimum absolute atomic E-state index is 0.152. The van der Waals surface area contributed by atoms with Gasteiger partial charge >= 0.3 is 12.1 Å². The van der Waals surface area contributed by atoms with E-state index in [-0.39, 0.29) is 18.2 Å². The molecule has 2 amide bonds. The lowest BCUT2D eigenvalue weighted by Crippen LogP contribution is -2.56. The van der Waals surface area contributed by atoms with E-state index in [0.717, 1.165) is 0 Å². The van der Waals surface area contributed by atoms with Crippen LogP contribution >= 0.6 is 0 Å². The molecular formula is C16H21N5O3. The van der Waals surface area contributed by atoms with E-state index in [9.17, 15) is 9.59 Å². The summed E-state index contributed by atoms with van der Waals surface area (Å²) in [5, 5.41) is 5.67. The van der Waals surface area contributed by atoms with Gasteiger partial charge in [-0.25, -0.2) is 14.6 Å². The Labute approximate surface area is 140 Å². The molecule has 3 rings (SSSR count). The van der Waals surface area contributed by atoms with E-state index in [4.69, 9.17) is 4.74 Å². The van der Waals surface area contributed by atoms with E-state index in [0.29, 0.717) is 12.5 Å². The second-order valence-electron chi connectivity index (χ2n) is 6.64. The van der Waals surface area contributed by atoms with Crippen molar-refractivity contribution in [3.05, 3.63) is 36.7 Å². The van der Waals surface area contributed by atoms with Crippen molar-refractivity contribution in [3.8, 4) is 0 Å². The van der Waals surface area contributed by atoms with Crippen LogP contribution < -0.4 is 10.6 Å². The van der Waals surface area contributed by atoms with Crippen molar-refractivity contribution in [2.24, 2.45) is 4.99 Å². The Hall–Kier alpha value is -2.77. The van der Waals surface area contributed by atoms with Crippen LogP contribution in [-0.2, 0) is 4.74 Å². The van der Waals surface area contributed by atoms with Gasteiger partial charge in [-0.1, -0.05) is 12.2 Å². The maximum absolute atomic E-state index is 12.6. The van der Waals surface area contributed by atoms with Crippen molar-refractivity contribution >= 4 is 18.1 Å². The molecule has 2 aliphatic rings. The van der Waals surface area contributed by atoms with Crippen molar-refractivity contribution in [3.63, 3.8) is 0 Å². The van der Waals surface area contributed by atoms with Crippen molar-refractivity contribution in [1.29, 1.82) is 0 Å². The predicted octanol–water partition coefficient (Wildman–Crippen LogP) is 1.51. The summed E-state index contributed by atoms with van der Waals surface area (Å²) >= 11 is 0. The Morgan fingerprint density at radius 2 is 2.04 bits per heavy atom. The first-order valence-corrected chi connectivity index (χ1v) is 7.78. The van der Waals surface area contributed by atoms with Crippen LogP contribution in [0.5, 0.6) is 0 Å². The predicted molar refractivity (Wildman–Crippen MR) is 88.6 cm³/mol. The number of amides is 2. The summed E-state index contributed by atoms with van der Waals surface area (Å²) in [6, 6.07) is 3.19. The highest BCUT2D eigenvalue weighted by atomic mass is 16.6. The second kappa shape index (κ2) is 6.03. The Morgan fingerprint density at radius 3 is 2.71 bits per heavy atom. The van der Waals surface area contributed by atoms with Crippen LogP contribution in [0.2, 0.25) is 0 Å². The molecule has 0 aromatic carbocycles. The number of alkyl carbamates (subject to hydrolysis) is 1. The van der Waals surface area contributed by atoms with Gasteiger partial charge in [0.15, 0.2) is 0 Å². The number of hydrogen-bond donors (Lipinski definition) is 2. The highest BCUT2D eigenvalue weighted by Crippen LogP contribution is 2.19. The Bertz CT molecular complexity index is 687. The van der Waals surface area contributed by atoms with E-state index in [1.807, 2.05) is 12.2 Å². The average molecular weight is 331 g/mol. The van der Waals surface area contributed by atoms with Crippen LogP contribution in [0.1, 0.15) is 20.8 Å². The third-order valence-corrected chi connectivity index (χ3v) is 3.55. The van der Waals surface area contributed by atoms with Crippen LogP contribution in [-0.4, -0.2) is 51.9 Å². The summed E-state index contributed by atoms with van der Waals surface area (Å²) in [5.41, 5.74) is -0.591. The van der Waals surface area contributed by atoms with Gasteiger partial charge in [-0.2, -0.15) is 0 Å². The summed E-state index contributed by atoms with van der Waals surface area (Å²) in [6.45, 7) is 5.84. The molecule has 3 heterocycles. The molecule has 0 saturated heterocycles. The van der Waals surface area contributed by atoms with Gasteiger partial charge in [0, 0.05) is 18.9 Å². The minimum Gasteiger partial charge on any atom is -0.444 e. The fourth-order valence-corrected chi connectivity index (χ4v) is 2.60. The first-order valence-electron chi connectivity index (χ1n) is 7.78. The largest absolute Gasteiger partial charge is 0.444 e. The number of nitrogens with zero attached hydrogens (tertiary/aromatic N) is 3. The SMILES string of the molecule is CC(C)(C)OC(=O)NC1=NC2C=CCN(C(=O)n3cccc3)C2N1. The van der Waals surface area contributed by atoms with Gasteiger partial charge in [-0.05, 0) is 32.9 Å². The van der Waals surface area contributed by atoms with Crippen molar-refractivity contribution in [2.75, 3.05) is 6.54 Å². The molecule has 0 saturated carbocycles. The fraction of sp³-hybridized carbons (Fsp3) is 0.438. The van der Waals surface area contributed by atoms with Gasteiger partial charge in [0.2, 0.25) is 5.96 Å². The molecule has 8 nitrogen and oxygen atoms in total. The van der Waals surface area contributed by atoms with Gasteiger partial charge < -0.3 is 10.1 Å². The maximum Gasteiger partial charge on any atom is 0.414 e. The van der Waals surface area contributed by atoms with E-state index in [1.54, 1.807) is 50.2 Å². The summed E-state index contributed by atoms with van der Waals surface area (Å²) in [6.07, 6.45) is 6.29. The first kappa shape index (κ1) is 16.1. The Kier molecular flexibility index (Phi) is 4.04. The molecular weight excluding hydrogens is 310 g/mol. The molecule has 0 bridgehead atoms. The molecule has 2 atom stereocenters. The standard InChI is InChI=1S/C16H21N5O3/c1-16(2,3)24-14(22)19-13-17-11-7-6-10-21(12(11)18-13)15(23)20-8-4-5-9-20/h4-9,11-12H,10H2,1-3H3,(H2,17,18,19,22). The lowest BCUT2D eigenvalue weighted by Gasteiger charge is -2.33. The monoisotopic (exact) mass is 331 g/mol. The molecule has 1 aromatic rings. The van der Waals surface area contributed by atoms with Crippen LogP contribution in [0.25, 0.3) is 0 Å². The highest BCUT2D eigenvalue weighted by molar-refractivity contribution is 5.95. The van der Waals surface area contributed by atoms with Gasteiger partial charge in [0.25, 0.3) is 0 Å². The molecule has 128 valence electrons. The molecule has 8 heteroatoms. The lowest BCUT2D eigenvalue weighted by atomic mass is 10.1. The molecule has 2 unspecified atom stereocenters. The van der Waals surface area contributed by atoms with Gasteiger partial charge in [-0.15, -0.1) is 0 Å². The van der Waals surface area contributed by atoms with E-state index in [1.165, 1.54) is 4.57 Å². The second-order valence-corrected chi connectivity index (χ2v) is 6.64. The van der Waals surface area contributed by atoms with Gasteiger partial charge in [-0.3, -0.25) is 14.8 Å². The summed E-state index contributed by atoms with van der Waals surface area (Å²) in [7, 11) is 0. The van der Waals surface area contributed by atoms with Gasteiger partial charge in [0.1, 0.15) is 17.8 Å². The summed E-state index contributed by atoms with van der Waals surface area (Å²) < 4.78 is 6.72. The van der Waals surface area contributed by atoms with E-state index >= 15 is 0 Å². The average Bonchev–Trinajstić information content (AvgIpc) is 3.12. The van der Waals surface area contributed by atoms with Crippen LogP contribution in [0.4, 0.5) is 9.59 Å². The number of rotatable bonds is 0. The number of aliphatic imine (C=N–C) groups is 1. The first-order chi connectivity index (χ1) is 11.3. The number of carbonyl (C=O) groups excluding carboxylic acids is 2. The molecule has 0 spiro atoms. The molecule has 1 aromatic heterocycles. The molecule has 2 aliphatic heterocycles. The number of guanidine groups is 1. The third-order valence-electron chi connectivity index (χ3n) is 3.55. The fourth-order valence-electron chi connectivity index (χ4n) is 2.60. The van der Waals surface area contributed by atoms with Crippen LogP contribution in [0, 0.1) is 0 Å². The maximum atomic E-state index is 12.6. The number of aromatic nitrogens is 1. The minimum atomic E-state index is -0.591. The quantitative estimate of drug-likeness (QED) is 0.705. The Balaban J connectivity index is 1.67. The Morgan fingerprint density at radius 1 is 1.33 bits per heavy atom. The van der Waals surface area contributed by atoms with Crippen LogP contribution in [0.3, 0.4) is 0 Å². The van der Waals surface area contributed by atoms with E-state index in [2.05, 4.69) is 15.6 Å². The zero-order valence-corrected chi connectivity index (χ0v) is 13.9. The third kappa shape index (κ3) is 3.42. The van der Waals surface area contributed by atoms with Crippen molar-refractivity contribution in [2.45, 2.75) is 38.6 Å². The molecule has 24 heavy (non-hydrogen) atoms. The zero-order valence-electron chi connectivity index (χ0n) is 13.9. The number of nitrogens with one attached hydrogen (secondary N) is 2. The normalized spacial score (nSPS) is 22.5. The van der Waals surface area contributed by atoms with Crippen LogP contribution in [0.15, 0.2) is 41.7 Å². The van der Waals surface area contributed by atoms with Crippen molar-refractivity contribution < 1.29 is 14.3 Å². The summed E-state index contributed by atoms with van der Waals surface area (Å²) in [4.78, 5) is 30.5. The smallest absolute Gasteiger partial charge is 0.414 e. The summed E-state index contributed by atoms with van der Waals surface area (Å²) in [5.74, 6) is 0.302. The highest BCUT2D eigenvalue weighted by Gasteiger charge is 2.37. The van der Waals surface area contributed by atoms with E-state index < -0.39 is 11.7 Å². The molecule has 0 aliphatic carbocycles. The lowest BCUT2D eigenvalue weighted by molar-refractivity contribution is 0.0561.